The fourth-order valence-corrected chi connectivity index (χ4v) is 2.78. The van der Waals surface area contributed by atoms with Crippen LogP contribution in [0, 0.1) is 0 Å². The van der Waals surface area contributed by atoms with Crippen molar-refractivity contribution in [1.82, 2.24) is 9.97 Å². The summed E-state index contributed by atoms with van der Waals surface area (Å²) in [7, 11) is 1.89. The summed E-state index contributed by atoms with van der Waals surface area (Å²) in [6, 6.07) is 3.65. The fraction of sp³-hybridized carbons (Fsp3) is 0.312. The van der Waals surface area contributed by atoms with Crippen molar-refractivity contribution in [3.05, 3.63) is 34.9 Å². The molecule has 0 fully saturated rings. The second-order valence-electron chi connectivity index (χ2n) is 5.55. The number of likely N-dealkylation sites (N-methyl/N-ethyl adjacent to an activating group) is 1. The summed E-state index contributed by atoms with van der Waals surface area (Å²) in [6.45, 7) is 6.56. The monoisotopic (exact) mass is 297 g/mol. The van der Waals surface area contributed by atoms with Crippen molar-refractivity contribution in [2.24, 2.45) is 10.7 Å². The second-order valence-corrected chi connectivity index (χ2v) is 5.55. The first-order valence-corrected chi connectivity index (χ1v) is 7.30. The quantitative estimate of drug-likeness (QED) is 0.909. The molecule has 6 heteroatoms. The predicted octanol–water partition coefficient (Wildman–Crippen LogP) is 2.17. The third-order valence-corrected chi connectivity index (χ3v) is 3.76. The van der Waals surface area contributed by atoms with Crippen LogP contribution in [0.2, 0.25) is 0 Å². The molecule has 3 N–H and O–H groups in total. The highest BCUT2D eigenvalue weighted by Gasteiger charge is 2.20. The Morgan fingerprint density at radius 2 is 2.27 bits per heavy atom. The maximum atomic E-state index is 12.6. The van der Waals surface area contributed by atoms with E-state index in [1.807, 2.05) is 24.1 Å². The molecule has 0 aliphatic carbocycles. The number of benzene rings is 1. The average Bonchev–Trinajstić information content (AvgIpc) is 2.46. The zero-order chi connectivity index (χ0) is 15.9. The summed E-state index contributed by atoms with van der Waals surface area (Å²) in [4.78, 5) is 26.2. The molecule has 0 saturated carbocycles. The molecule has 1 aromatic heterocycles. The van der Waals surface area contributed by atoms with Crippen LogP contribution in [0.25, 0.3) is 16.5 Å². The molecule has 1 aliphatic rings. The van der Waals surface area contributed by atoms with Gasteiger partial charge in [0.05, 0.1) is 28.8 Å². The standard InChI is InChI=1S/C16H19N5O/c1-4-5-9(2)15-19-10-6-7-11-14(13(10)16(22)20-15)21(3)8-12(17)18-11/h6-7H,2,4-5,8H2,1,3H3,(H2,17,18)(H,19,20,22). The summed E-state index contributed by atoms with van der Waals surface area (Å²) in [5.74, 6) is 1.09. The minimum atomic E-state index is -0.170. The van der Waals surface area contributed by atoms with Crippen LogP contribution in [0.1, 0.15) is 25.6 Å². The number of hydrogen-bond acceptors (Lipinski definition) is 5. The third kappa shape index (κ3) is 2.26. The van der Waals surface area contributed by atoms with Crippen LogP contribution in [0.4, 0.5) is 11.4 Å². The normalized spacial score (nSPS) is 13.9. The number of anilines is 1. The minimum absolute atomic E-state index is 0.170. The maximum absolute atomic E-state index is 12.6. The highest BCUT2D eigenvalue weighted by molar-refractivity contribution is 6.03. The van der Waals surface area contributed by atoms with Crippen molar-refractivity contribution in [2.45, 2.75) is 19.8 Å². The van der Waals surface area contributed by atoms with E-state index in [2.05, 4.69) is 28.5 Å². The molecule has 0 unspecified atom stereocenters. The Morgan fingerprint density at radius 1 is 1.50 bits per heavy atom. The molecule has 0 bridgehead atoms. The summed E-state index contributed by atoms with van der Waals surface area (Å²) in [6.07, 6.45) is 1.77. The number of fused-ring (bicyclic) bond motifs is 3. The van der Waals surface area contributed by atoms with E-state index >= 15 is 0 Å². The third-order valence-electron chi connectivity index (χ3n) is 3.76. The van der Waals surface area contributed by atoms with Gasteiger partial charge in [-0.1, -0.05) is 19.9 Å². The van der Waals surface area contributed by atoms with Crippen LogP contribution >= 0.6 is 0 Å². The van der Waals surface area contributed by atoms with Crippen molar-refractivity contribution in [2.75, 3.05) is 18.5 Å². The number of aromatic nitrogens is 2. The Kier molecular flexibility index (Phi) is 3.44. The molecule has 1 aliphatic heterocycles. The van der Waals surface area contributed by atoms with Crippen molar-refractivity contribution >= 4 is 33.7 Å². The molecule has 0 saturated heterocycles. The highest BCUT2D eigenvalue weighted by atomic mass is 16.1. The van der Waals surface area contributed by atoms with E-state index in [4.69, 9.17) is 5.73 Å². The lowest BCUT2D eigenvalue weighted by molar-refractivity contribution is 0.952. The molecular weight excluding hydrogens is 278 g/mol. The Hall–Kier alpha value is -2.63. The summed E-state index contributed by atoms with van der Waals surface area (Å²) in [5, 5.41) is 0.546. The van der Waals surface area contributed by atoms with E-state index in [-0.39, 0.29) is 5.56 Å². The van der Waals surface area contributed by atoms with Crippen LogP contribution in [0.15, 0.2) is 28.5 Å². The van der Waals surface area contributed by atoms with Crippen LogP contribution in [-0.2, 0) is 0 Å². The van der Waals surface area contributed by atoms with Gasteiger partial charge in [0.25, 0.3) is 5.56 Å². The van der Waals surface area contributed by atoms with E-state index in [1.54, 1.807) is 0 Å². The molecule has 1 aromatic carbocycles. The molecule has 3 rings (SSSR count). The van der Waals surface area contributed by atoms with Gasteiger partial charge in [0.2, 0.25) is 0 Å². The first-order chi connectivity index (χ1) is 10.5. The summed E-state index contributed by atoms with van der Waals surface area (Å²) >= 11 is 0. The van der Waals surface area contributed by atoms with Crippen molar-refractivity contribution < 1.29 is 0 Å². The lowest BCUT2D eigenvalue weighted by Crippen LogP contribution is -2.34. The maximum Gasteiger partial charge on any atom is 0.261 e. The number of H-pyrrole nitrogens is 1. The Labute approximate surface area is 128 Å². The molecule has 22 heavy (non-hydrogen) atoms. The van der Waals surface area contributed by atoms with E-state index in [0.717, 1.165) is 24.1 Å². The van der Waals surface area contributed by atoms with Gasteiger partial charge in [-0.2, -0.15) is 0 Å². The van der Waals surface area contributed by atoms with Gasteiger partial charge < -0.3 is 15.6 Å². The van der Waals surface area contributed by atoms with Crippen LogP contribution in [0.3, 0.4) is 0 Å². The van der Waals surface area contributed by atoms with Crippen molar-refractivity contribution in [3.63, 3.8) is 0 Å². The van der Waals surface area contributed by atoms with Gasteiger partial charge in [-0.3, -0.25) is 4.79 Å². The Balaban J connectivity index is 2.25. The minimum Gasteiger partial charge on any atom is -0.386 e. The molecule has 0 radical (unpaired) electrons. The first-order valence-electron chi connectivity index (χ1n) is 7.30. The molecular formula is C16H19N5O. The second kappa shape index (κ2) is 5.29. The number of nitrogens with one attached hydrogen (secondary N) is 1. The zero-order valence-corrected chi connectivity index (χ0v) is 12.8. The highest BCUT2D eigenvalue weighted by Crippen LogP contribution is 2.35. The molecule has 0 spiro atoms. The van der Waals surface area contributed by atoms with Crippen molar-refractivity contribution in [3.8, 4) is 0 Å². The SMILES string of the molecule is C=C(CCC)c1nc2ccc3c(c2c(=O)[nH]1)N(C)CC(N)=N3. The van der Waals surface area contributed by atoms with Gasteiger partial charge >= 0.3 is 0 Å². The number of aromatic amines is 1. The molecule has 6 nitrogen and oxygen atoms in total. The lowest BCUT2D eigenvalue weighted by Gasteiger charge is -2.26. The zero-order valence-electron chi connectivity index (χ0n) is 12.8. The molecule has 0 amide bonds. The molecule has 114 valence electrons. The number of nitrogens with two attached hydrogens (primary N) is 1. The lowest BCUT2D eigenvalue weighted by atomic mass is 10.1. The van der Waals surface area contributed by atoms with Gasteiger partial charge in [0.15, 0.2) is 0 Å². The Bertz CT molecular complexity index is 849. The Morgan fingerprint density at radius 3 is 3.00 bits per heavy atom. The van der Waals surface area contributed by atoms with Gasteiger partial charge in [0, 0.05) is 7.05 Å². The van der Waals surface area contributed by atoms with Crippen LogP contribution in [0.5, 0.6) is 0 Å². The van der Waals surface area contributed by atoms with E-state index in [0.29, 0.717) is 34.8 Å². The predicted molar refractivity (Wildman–Crippen MR) is 90.9 cm³/mol. The van der Waals surface area contributed by atoms with E-state index in [1.165, 1.54) is 0 Å². The average molecular weight is 297 g/mol. The smallest absolute Gasteiger partial charge is 0.261 e. The number of amidine groups is 1. The van der Waals surface area contributed by atoms with E-state index in [9.17, 15) is 4.79 Å². The number of rotatable bonds is 3. The number of allylic oxidation sites excluding steroid dienone is 1. The summed E-state index contributed by atoms with van der Waals surface area (Å²) in [5.41, 5.74) is 8.61. The number of hydrogen-bond donors (Lipinski definition) is 2. The summed E-state index contributed by atoms with van der Waals surface area (Å²) < 4.78 is 0. The number of aliphatic imine (C=N–C) groups is 1. The van der Waals surface area contributed by atoms with Gasteiger partial charge in [-0.05, 0) is 24.1 Å². The van der Waals surface area contributed by atoms with Gasteiger partial charge in [0.1, 0.15) is 11.7 Å². The molecule has 0 atom stereocenters. The largest absolute Gasteiger partial charge is 0.386 e. The fourth-order valence-electron chi connectivity index (χ4n) is 2.78. The van der Waals surface area contributed by atoms with Crippen molar-refractivity contribution in [1.29, 1.82) is 0 Å². The molecule has 2 heterocycles. The van der Waals surface area contributed by atoms with E-state index < -0.39 is 0 Å². The van der Waals surface area contributed by atoms with Crippen LogP contribution < -0.4 is 16.2 Å². The first kappa shape index (κ1) is 14.3. The van der Waals surface area contributed by atoms with Gasteiger partial charge in [-0.15, -0.1) is 0 Å². The van der Waals surface area contributed by atoms with Gasteiger partial charge in [-0.25, -0.2) is 9.98 Å². The van der Waals surface area contributed by atoms with Crippen LogP contribution in [-0.4, -0.2) is 29.4 Å². The molecule has 2 aromatic rings. The number of nitrogens with zero attached hydrogens (tertiary/aromatic N) is 3. The topological polar surface area (TPSA) is 87.4 Å².